The second-order valence-corrected chi connectivity index (χ2v) is 6.96. The number of rotatable bonds is 8. The fourth-order valence-corrected chi connectivity index (χ4v) is 3.25. The van der Waals surface area contributed by atoms with Gasteiger partial charge in [0, 0.05) is 18.2 Å². The van der Waals surface area contributed by atoms with E-state index in [9.17, 15) is 5.11 Å². The summed E-state index contributed by atoms with van der Waals surface area (Å²) in [6.07, 6.45) is 0.422. The summed E-state index contributed by atoms with van der Waals surface area (Å²) in [5.74, 6) is 1.41. The van der Waals surface area contributed by atoms with Gasteiger partial charge in [-0.3, -0.25) is 0 Å². The van der Waals surface area contributed by atoms with Gasteiger partial charge >= 0.3 is 0 Å². The lowest BCUT2D eigenvalue weighted by atomic mass is 9.87. The van der Waals surface area contributed by atoms with Crippen LogP contribution in [0.3, 0.4) is 0 Å². The Labute approximate surface area is 177 Å². The molecule has 156 valence electrons. The fraction of sp³-hybridized carbons (Fsp3) is 0.208. The van der Waals surface area contributed by atoms with Crippen molar-refractivity contribution in [1.29, 1.82) is 0 Å². The van der Waals surface area contributed by atoms with E-state index >= 15 is 0 Å². The van der Waals surface area contributed by atoms with Crippen molar-refractivity contribution in [3.05, 3.63) is 90.0 Å². The molecule has 6 heteroatoms. The summed E-state index contributed by atoms with van der Waals surface area (Å²) in [5.41, 5.74) is 7.43. The molecule has 4 N–H and O–H groups in total. The molecule has 0 fully saturated rings. The van der Waals surface area contributed by atoms with Gasteiger partial charge in [-0.2, -0.15) is 0 Å². The summed E-state index contributed by atoms with van der Waals surface area (Å²) in [6, 6.07) is 24.7. The van der Waals surface area contributed by atoms with Crippen LogP contribution in [0.5, 0.6) is 11.5 Å². The second kappa shape index (κ2) is 9.80. The van der Waals surface area contributed by atoms with Crippen molar-refractivity contribution in [3.8, 4) is 11.5 Å². The summed E-state index contributed by atoms with van der Waals surface area (Å²) in [5, 5.41) is 14.5. The lowest BCUT2D eigenvalue weighted by Crippen LogP contribution is -2.34. The van der Waals surface area contributed by atoms with Crippen LogP contribution >= 0.6 is 0 Å². The first kappa shape index (κ1) is 21.2. The molecule has 3 aromatic carbocycles. The number of aliphatic hydroxyl groups is 1. The first-order chi connectivity index (χ1) is 14.5. The van der Waals surface area contributed by atoms with Crippen LogP contribution in [0, 0.1) is 0 Å². The van der Waals surface area contributed by atoms with Gasteiger partial charge in [0.1, 0.15) is 5.60 Å². The number of nitrogens with zero attached hydrogens (tertiary/aromatic N) is 1. The number of methoxy groups -OCH3 is 2. The third kappa shape index (κ3) is 5.30. The molecular formula is C24H27N3O3. The van der Waals surface area contributed by atoms with Crippen molar-refractivity contribution in [1.82, 2.24) is 0 Å². The minimum Gasteiger partial charge on any atom is -0.493 e. The molecule has 6 nitrogen and oxygen atoms in total. The summed E-state index contributed by atoms with van der Waals surface area (Å²) in [6.45, 7) is 0.109. The summed E-state index contributed by atoms with van der Waals surface area (Å²) in [4.78, 5) is 4.42. The highest BCUT2D eigenvalue weighted by atomic mass is 16.5. The van der Waals surface area contributed by atoms with Crippen molar-refractivity contribution < 1.29 is 14.6 Å². The van der Waals surface area contributed by atoms with Gasteiger partial charge < -0.3 is 25.6 Å². The van der Waals surface area contributed by atoms with Crippen molar-refractivity contribution in [2.45, 2.75) is 12.0 Å². The van der Waals surface area contributed by atoms with Crippen LogP contribution in [0.25, 0.3) is 0 Å². The fourth-order valence-electron chi connectivity index (χ4n) is 3.25. The van der Waals surface area contributed by atoms with Crippen LogP contribution in [0.4, 0.5) is 5.69 Å². The van der Waals surface area contributed by atoms with Gasteiger partial charge in [-0.15, -0.1) is 0 Å². The Morgan fingerprint density at radius 3 is 2.20 bits per heavy atom. The van der Waals surface area contributed by atoms with Crippen molar-refractivity contribution in [2.24, 2.45) is 10.7 Å². The van der Waals surface area contributed by atoms with Crippen LogP contribution in [0.15, 0.2) is 83.9 Å². The Morgan fingerprint density at radius 2 is 1.57 bits per heavy atom. The lowest BCUT2D eigenvalue weighted by Gasteiger charge is -2.27. The van der Waals surface area contributed by atoms with Crippen LogP contribution in [0.2, 0.25) is 0 Å². The largest absolute Gasteiger partial charge is 0.493 e. The molecule has 3 aromatic rings. The average Bonchev–Trinajstić information content (AvgIpc) is 2.79. The molecule has 0 aliphatic carbocycles. The number of anilines is 1. The molecule has 1 atom stereocenters. The Bertz CT molecular complexity index is 978. The molecule has 1 unspecified atom stereocenters. The van der Waals surface area contributed by atoms with E-state index in [0.29, 0.717) is 23.6 Å². The third-order valence-corrected chi connectivity index (χ3v) is 4.82. The van der Waals surface area contributed by atoms with Crippen molar-refractivity contribution >= 4 is 11.6 Å². The van der Waals surface area contributed by atoms with Gasteiger partial charge in [0.25, 0.3) is 0 Å². The molecule has 0 heterocycles. The van der Waals surface area contributed by atoms with E-state index in [1.54, 1.807) is 26.4 Å². The number of nitrogens with one attached hydrogen (secondary N) is 1. The van der Waals surface area contributed by atoms with Gasteiger partial charge in [-0.25, -0.2) is 4.99 Å². The molecule has 30 heavy (non-hydrogen) atoms. The highest BCUT2D eigenvalue weighted by Crippen LogP contribution is 2.30. The number of ether oxygens (including phenoxy) is 2. The first-order valence-electron chi connectivity index (χ1n) is 9.65. The quantitative estimate of drug-likeness (QED) is 0.394. The molecule has 0 radical (unpaired) electrons. The zero-order valence-corrected chi connectivity index (χ0v) is 17.2. The summed E-state index contributed by atoms with van der Waals surface area (Å²) < 4.78 is 10.6. The molecule has 0 spiro atoms. The standard InChI is InChI=1S/C24H27N3O3/c1-29-21-14-13-20(15-22(21)30-2)27-23(25)26-17-24(28,19-11-7-4-8-12-19)16-18-9-5-3-6-10-18/h3-15,28H,16-17H2,1-2H3,(H3,25,26,27). The molecule has 0 aliphatic rings. The smallest absolute Gasteiger partial charge is 0.193 e. The topological polar surface area (TPSA) is 89.1 Å². The van der Waals surface area contributed by atoms with Gasteiger partial charge in [0.2, 0.25) is 0 Å². The van der Waals surface area contributed by atoms with E-state index in [1.165, 1.54) is 0 Å². The van der Waals surface area contributed by atoms with Crippen LogP contribution in [-0.2, 0) is 12.0 Å². The highest BCUT2D eigenvalue weighted by Gasteiger charge is 2.29. The Morgan fingerprint density at radius 1 is 0.933 bits per heavy atom. The van der Waals surface area contributed by atoms with E-state index in [0.717, 1.165) is 11.1 Å². The normalized spacial score (nSPS) is 13.4. The summed E-state index contributed by atoms with van der Waals surface area (Å²) >= 11 is 0. The predicted octanol–water partition coefficient (Wildman–Crippen LogP) is 3.56. The Kier molecular flexibility index (Phi) is 6.93. The second-order valence-electron chi connectivity index (χ2n) is 6.96. The zero-order valence-electron chi connectivity index (χ0n) is 17.2. The number of aliphatic imine (C=N–C) groups is 1. The number of hydrogen-bond donors (Lipinski definition) is 3. The van der Waals surface area contributed by atoms with Gasteiger partial charge in [0.05, 0.1) is 20.8 Å². The lowest BCUT2D eigenvalue weighted by molar-refractivity contribution is 0.0468. The van der Waals surface area contributed by atoms with E-state index in [-0.39, 0.29) is 12.5 Å². The van der Waals surface area contributed by atoms with Gasteiger partial charge in [-0.05, 0) is 23.3 Å². The maximum atomic E-state index is 11.5. The molecular weight excluding hydrogens is 378 g/mol. The zero-order chi connectivity index (χ0) is 21.4. The van der Waals surface area contributed by atoms with E-state index < -0.39 is 5.60 Å². The summed E-state index contributed by atoms with van der Waals surface area (Å²) in [7, 11) is 3.15. The van der Waals surface area contributed by atoms with Crippen molar-refractivity contribution in [3.63, 3.8) is 0 Å². The van der Waals surface area contributed by atoms with Crippen molar-refractivity contribution in [2.75, 3.05) is 26.1 Å². The molecule has 0 amide bonds. The van der Waals surface area contributed by atoms with Gasteiger partial charge in [0.15, 0.2) is 17.5 Å². The SMILES string of the molecule is COc1ccc(NC(N)=NCC(O)(Cc2ccccc2)c2ccccc2)cc1OC. The first-order valence-corrected chi connectivity index (χ1v) is 9.65. The van der Waals surface area contributed by atoms with Crippen LogP contribution in [-0.4, -0.2) is 31.8 Å². The Balaban J connectivity index is 1.80. The van der Waals surface area contributed by atoms with E-state index in [2.05, 4.69) is 10.3 Å². The highest BCUT2D eigenvalue weighted by molar-refractivity contribution is 5.92. The number of guanidine groups is 1. The van der Waals surface area contributed by atoms with Crippen LogP contribution in [0.1, 0.15) is 11.1 Å². The minimum absolute atomic E-state index is 0.109. The monoisotopic (exact) mass is 405 g/mol. The molecule has 3 rings (SSSR count). The van der Waals surface area contributed by atoms with Gasteiger partial charge in [-0.1, -0.05) is 60.7 Å². The molecule has 0 bridgehead atoms. The van der Waals surface area contributed by atoms with E-state index in [1.807, 2.05) is 66.7 Å². The third-order valence-electron chi connectivity index (χ3n) is 4.82. The maximum absolute atomic E-state index is 11.5. The predicted molar refractivity (Wildman–Crippen MR) is 120 cm³/mol. The maximum Gasteiger partial charge on any atom is 0.193 e. The average molecular weight is 405 g/mol. The van der Waals surface area contributed by atoms with Crippen LogP contribution < -0.4 is 20.5 Å². The molecule has 0 saturated heterocycles. The number of benzene rings is 3. The number of nitrogens with two attached hydrogens (primary N) is 1. The minimum atomic E-state index is -1.19. The Hall–Kier alpha value is -3.51. The number of hydrogen-bond acceptors (Lipinski definition) is 4. The van der Waals surface area contributed by atoms with E-state index in [4.69, 9.17) is 15.2 Å². The molecule has 0 aromatic heterocycles. The molecule has 0 aliphatic heterocycles. The molecule has 0 saturated carbocycles.